The van der Waals surface area contributed by atoms with Crippen LogP contribution >= 0.6 is 22.9 Å². The maximum Gasteiger partial charge on any atom is 0.395 e. The Morgan fingerprint density at radius 2 is 1.97 bits per heavy atom. The zero-order valence-corrected chi connectivity index (χ0v) is 21.0. The van der Waals surface area contributed by atoms with Gasteiger partial charge >= 0.3 is 6.18 Å². The molecule has 3 aromatic heterocycles. The van der Waals surface area contributed by atoms with E-state index in [1.54, 1.807) is 39.8 Å². The highest BCUT2D eigenvalue weighted by Crippen LogP contribution is 2.49. The number of aromatic nitrogens is 2. The van der Waals surface area contributed by atoms with Crippen LogP contribution in [0.4, 0.5) is 19.0 Å². The number of amides is 1. The Labute approximate surface area is 208 Å². The number of nitrogens with zero attached hydrogens (tertiary/aromatic N) is 3. The molecular formula is C23H24ClF3N4O3S. The average Bonchev–Trinajstić information content (AvgIpc) is 3.43. The average molecular weight is 529 g/mol. The van der Waals surface area contributed by atoms with E-state index < -0.39 is 41.9 Å². The topological polar surface area (TPSA) is 80.4 Å². The van der Waals surface area contributed by atoms with Gasteiger partial charge in [0, 0.05) is 28.5 Å². The largest absolute Gasteiger partial charge is 0.471 e. The molecule has 1 fully saturated rings. The monoisotopic (exact) mass is 528 g/mol. The van der Waals surface area contributed by atoms with Crippen LogP contribution in [0.15, 0.2) is 35.1 Å². The first-order chi connectivity index (χ1) is 16.3. The second-order valence-corrected chi connectivity index (χ2v) is 11.3. The summed E-state index contributed by atoms with van der Waals surface area (Å²) >= 11 is 7.32. The number of hydrogen-bond donors (Lipinski definition) is 1. The zero-order chi connectivity index (χ0) is 25.7. The Morgan fingerprint density at radius 3 is 2.51 bits per heavy atom. The number of halogens is 4. The van der Waals surface area contributed by atoms with E-state index in [0.29, 0.717) is 9.90 Å². The van der Waals surface area contributed by atoms with Gasteiger partial charge in [-0.05, 0) is 19.1 Å². The van der Waals surface area contributed by atoms with E-state index in [1.165, 1.54) is 34.8 Å². The van der Waals surface area contributed by atoms with Crippen molar-refractivity contribution in [1.29, 1.82) is 0 Å². The van der Waals surface area contributed by atoms with Gasteiger partial charge in [0.25, 0.3) is 5.91 Å². The van der Waals surface area contributed by atoms with Crippen molar-refractivity contribution in [2.45, 2.75) is 46.5 Å². The van der Waals surface area contributed by atoms with Crippen LogP contribution in [0.5, 0.6) is 0 Å². The van der Waals surface area contributed by atoms with Crippen LogP contribution in [0.1, 0.15) is 53.3 Å². The lowest BCUT2D eigenvalue weighted by atomic mass is 9.82. The van der Waals surface area contributed by atoms with Gasteiger partial charge in [-0.1, -0.05) is 32.4 Å². The first-order valence-electron chi connectivity index (χ1n) is 10.8. The molecule has 1 amide bonds. The number of aryl methyl sites for hydroxylation is 1. The van der Waals surface area contributed by atoms with Crippen LogP contribution in [0, 0.1) is 18.3 Å². The first-order valence-corrected chi connectivity index (χ1v) is 12.0. The smallest absolute Gasteiger partial charge is 0.395 e. The van der Waals surface area contributed by atoms with Gasteiger partial charge in [0.2, 0.25) is 5.91 Å². The number of hydrogen-bond acceptors (Lipinski definition) is 6. The number of thiophene rings is 1. The van der Waals surface area contributed by atoms with Crippen LogP contribution in [-0.4, -0.2) is 39.2 Å². The predicted octanol–water partition coefficient (Wildman–Crippen LogP) is 5.91. The zero-order valence-electron chi connectivity index (χ0n) is 19.4. The number of nitrogens with one attached hydrogen (secondary N) is 1. The Bertz CT molecular complexity index is 1260. The molecule has 0 radical (unpaired) electrons. The third-order valence-electron chi connectivity index (χ3n) is 5.82. The second kappa shape index (κ2) is 9.02. The lowest BCUT2D eigenvalue weighted by Crippen LogP contribution is -2.60. The third kappa shape index (κ3) is 4.97. The molecule has 3 aromatic rings. The van der Waals surface area contributed by atoms with Crippen molar-refractivity contribution in [3.63, 3.8) is 0 Å². The number of anilines is 1. The molecule has 1 N–H and O–H groups in total. The highest BCUT2D eigenvalue weighted by molar-refractivity contribution is 7.16. The van der Waals surface area contributed by atoms with E-state index in [4.69, 9.17) is 16.0 Å². The van der Waals surface area contributed by atoms with E-state index in [2.05, 4.69) is 10.4 Å². The van der Waals surface area contributed by atoms with Crippen molar-refractivity contribution in [1.82, 2.24) is 14.7 Å². The van der Waals surface area contributed by atoms with Gasteiger partial charge in [-0.25, -0.2) is 0 Å². The number of alkyl halides is 3. The molecule has 1 saturated heterocycles. The molecule has 0 saturated carbocycles. The number of rotatable bonds is 5. The minimum atomic E-state index is -4.53. The van der Waals surface area contributed by atoms with Crippen molar-refractivity contribution in [3.8, 4) is 0 Å². The molecule has 1 aliphatic rings. The molecule has 0 spiro atoms. The van der Waals surface area contributed by atoms with Crippen LogP contribution in [0.25, 0.3) is 0 Å². The summed E-state index contributed by atoms with van der Waals surface area (Å²) in [4.78, 5) is 28.2. The third-order valence-corrected chi connectivity index (χ3v) is 7.05. The summed E-state index contributed by atoms with van der Waals surface area (Å²) in [5, 5.41) is 7.34. The van der Waals surface area contributed by atoms with E-state index >= 15 is 0 Å². The highest BCUT2D eigenvalue weighted by atomic mass is 35.5. The first kappa shape index (κ1) is 25.3. The van der Waals surface area contributed by atoms with Crippen molar-refractivity contribution >= 4 is 40.6 Å². The van der Waals surface area contributed by atoms with Gasteiger partial charge < -0.3 is 14.6 Å². The summed E-state index contributed by atoms with van der Waals surface area (Å²) in [7, 11) is 0. The molecule has 0 aliphatic carbocycles. The van der Waals surface area contributed by atoms with E-state index in [9.17, 15) is 22.8 Å². The molecule has 0 aromatic carbocycles. The molecule has 1 aliphatic heterocycles. The molecule has 4 heterocycles. The van der Waals surface area contributed by atoms with Crippen LogP contribution in [0.3, 0.4) is 0 Å². The molecule has 2 unspecified atom stereocenters. The molecule has 12 heteroatoms. The van der Waals surface area contributed by atoms with Crippen molar-refractivity contribution in [2.75, 3.05) is 11.9 Å². The number of carbonyl (C=O) groups excluding carboxylic acids is 2. The number of furan rings is 1. The molecule has 188 valence electrons. The summed E-state index contributed by atoms with van der Waals surface area (Å²) in [5.74, 6) is -2.57. The lowest BCUT2D eigenvalue weighted by Gasteiger charge is -2.49. The van der Waals surface area contributed by atoms with Gasteiger partial charge in [-0.3, -0.25) is 9.59 Å². The number of likely N-dealkylation sites (tertiary alicyclic amines) is 1. The maximum absolute atomic E-state index is 13.8. The predicted molar refractivity (Wildman–Crippen MR) is 126 cm³/mol. The van der Waals surface area contributed by atoms with Crippen LogP contribution in [-0.2, 0) is 11.3 Å². The Kier molecular flexibility index (Phi) is 6.52. The molecule has 4 rings (SSSR count). The Morgan fingerprint density at radius 1 is 1.26 bits per heavy atom. The van der Waals surface area contributed by atoms with Crippen molar-refractivity contribution in [2.24, 2.45) is 11.3 Å². The molecule has 7 nitrogen and oxygen atoms in total. The fourth-order valence-corrected chi connectivity index (χ4v) is 4.96. The van der Waals surface area contributed by atoms with Gasteiger partial charge in [0.15, 0.2) is 0 Å². The van der Waals surface area contributed by atoms with Crippen molar-refractivity contribution in [3.05, 3.63) is 56.8 Å². The van der Waals surface area contributed by atoms with Gasteiger partial charge in [0.05, 0.1) is 40.4 Å². The lowest BCUT2D eigenvalue weighted by molar-refractivity contribution is -0.234. The van der Waals surface area contributed by atoms with Crippen LogP contribution in [0.2, 0.25) is 4.34 Å². The summed E-state index contributed by atoms with van der Waals surface area (Å²) < 4.78 is 48.1. The second-order valence-electron chi connectivity index (χ2n) is 9.50. The SMILES string of the molecule is Cc1cocc1C(=O)n1nc(C2C(C(F)(F)F)CN2C(=O)C(C)(C)C)cc1NCc1ccc(Cl)s1. The van der Waals surface area contributed by atoms with Gasteiger partial charge in [-0.15, -0.1) is 11.3 Å². The van der Waals surface area contributed by atoms with E-state index in [0.717, 1.165) is 9.56 Å². The van der Waals surface area contributed by atoms with E-state index in [-0.39, 0.29) is 23.6 Å². The number of carbonyl (C=O) groups is 2. The summed E-state index contributed by atoms with van der Waals surface area (Å²) in [6.45, 7) is 6.44. The Balaban J connectivity index is 1.74. The van der Waals surface area contributed by atoms with Crippen molar-refractivity contribution < 1.29 is 27.2 Å². The quantitative estimate of drug-likeness (QED) is 0.445. The molecular weight excluding hydrogens is 505 g/mol. The minimum Gasteiger partial charge on any atom is -0.471 e. The van der Waals surface area contributed by atoms with E-state index in [1.807, 2.05) is 0 Å². The summed E-state index contributed by atoms with van der Waals surface area (Å²) in [6.07, 6.45) is -1.87. The standard InChI is InChI=1S/C23H24ClF3N4O3S/c1-12-10-34-11-14(12)20(32)31-18(28-8-13-5-6-17(24)35-13)7-16(29-31)19-15(23(25,26)27)9-30(19)21(33)22(2,3)4/h5-7,10-11,15,19,28H,8-9H2,1-4H3. The van der Waals surface area contributed by atoms with Crippen LogP contribution < -0.4 is 5.32 Å². The fraction of sp³-hybridized carbons (Fsp3) is 0.435. The Hall–Kier alpha value is -2.79. The maximum atomic E-state index is 13.8. The molecule has 0 bridgehead atoms. The van der Waals surface area contributed by atoms with Gasteiger partial charge in [0.1, 0.15) is 12.1 Å². The molecule has 35 heavy (non-hydrogen) atoms. The minimum absolute atomic E-state index is 0.0163. The molecule has 2 atom stereocenters. The summed E-state index contributed by atoms with van der Waals surface area (Å²) in [5.41, 5.74) is -0.104. The summed E-state index contributed by atoms with van der Waals surface area (Å²) in [6, 6.07) is 3.59. The normalized spacial score (nSPS) is 18.5. The highest BCUT2D eigenvalue weighted by Gasteiger charge is 2.58. The fourth-order valence-electron chi connectivity index (χ4n) is 3.94. The van der Waals surface area contributed by atoms with Gasteiger partial charge in [-0.2, -0.15) is 23.0 Å².